The third kappa shape index (κ3) is 3.31. The Bertz CT molecular complexity index is 798. The van der Waals surface area contributed by atoms with E-state index in [0.717, 1.165) is 23.4 Å². The summed E-state index contributed by atoms with van der Waals surface area (Å²) in [6.07, 6.45) is -0.647. The van der Waals surface area contributed by atoms with Crippen molar-refractivity contribution in [1.29, 1.82) is 0 Å². The normalized spacial score (nSPS) is 18.1. The highest BCUT2D eigenvalue weighted by Crippen LogP contribution is 2.30. The highest BCUT2D eigenvalue weighted by Gasteiger charge is 2.34. The minimum atomic E-state index is -4.54. The first-order chi connectivity index (χ1) is 11.3. The Kier molecular flexibility index (Phi) is 4.12. The molecule has 0 saturated carbocycles. The third-order valence-electron chi connectivity index (χ3n) is 3.86. The van der Waals surface area contributed by atoms with Gasteiger partial charge in [0.25, 0.3) is 0 Å². The molecule has 0 aromatic carbocycles. The predicted octanol–water partition coefficient (Wildman–Crippen LogP) is 1.35. The van der Waals surface area contributed by atoms with E-state index in [-0.39, 0.29) is 18.5 Å². The highest BCUT2D eigenvalue weighted by molar-refractivity contribution is 5.76. The van der Waals surface area contributed by atoms with Crippen LogP contribution in [-0.2, 0) is 17.5 Å². The Labute approximate surface area is 134 Å². The van der Waals surface area contributed by atoms with Crippen molar-refractivity contribution in [2.24, 2.45) is 0 Å². The molecule has 1 aliphatic rings. The fourth-order valence-electron chi connectivity index (χ4n) is 2.80. The predicted molar refractivity (Wildman–Crippen MR) is 75.8 cm³/mol. The molecule has 1 amide bonds. The molecule has 3 rings (SSSR count). The summed E-state index contributed by atoms with van der Waals surface area (Å²) < 4.78 is 38.6. The summed E-state index contributed by atoms with van der Waals surface area (Å²) in [7, 11) is 0. The highest BCUT2D eigenvalue weighted by atomic mass is 19.4. The van der Waals surface area contributed by atoms with Gasteiger partial charge in [-0.2, -0.15) is 18.3 Å². The fraction of sp³-hybridized carbons (Fsp3) is 0.429. The third-order valence-corrected chi connectivity index (χ3v) is 3.86. The van der Waals surface area contributed by atoms with E-state index in [0.29, 0.717) is 18.7 Å². The number of H-pyrrole nitrogens is 1. The molecule has 10 heteroatoms. The Hall–Kier alpha value is -2.65. The van der Waals surface area contributed by atoms with E-state index < -0.39 is 17.6 Å². The molecule has 0 aliphatic carbocycles. The van der Waals surface area contributed by atoms with Crippen LogP contribution in [0.1, 0.15) is 30.3 Å². The number of nitrogens with one attached hydrogen (secondary N) is 1. The second-order valence-electron chi connectivity index (χ2n) is 5.47. The molecule has 0 spiro atoms. The van der Waals surface area contributed by atoms with Gasteiger partial charge in [-0.3, -0.25) is 9.48 Å². The molecule has 0 bridgehead atoms. The summed E-state index contributed by atoms with van der Waals surface area (Å²) in [6, 6.07) is 2.13. The van der Waals surface area contributed by atoms with E-state index in [1.54, 1.807) is 11.0 Å². The first-order valence-electron chi connectivity index (χ1n) is 7.30. The van der Waals surface area contributed by atoms with Crippen molar-refractivity contribution in [3.8, 4) is 0 Å². The Morgan fingerprint density at radius 2 is 2.17 bits per heavy atom. The van der Waals surface area contributed by atoms with Crippen LogP contribution >= 0.6 is 0 Å². The largest absolute Gasteiger partial charge is 0.435 e. The Balaban J connectivity index is 1.74. The van der Waals surface area contributed by atoms with E-state index in [1.807, 2.05) is 0 Å². The van der Waals surface area contributed by atoms with Gasteiger partial charge in [0.1, 0.15) is 6.54 Å². The van der Waals surface area contributed by atoms with E-state index in [1.165, 1.54) is 6.20 Å². The maximum atomic E-state index is 12.5. The lowest BCUT2D eigenvalue weighted by molar-refractivity contribution is -0.142. The number of carbonyl (C=O) groups excluding carboxylic acids is 1. The lowest BCUT2D eigenvalue weighted by atomic mass is 10.1. The van der Waals surface area contributed by atoms with Crippen molar-refractivity contribution in [1.82, 2.24) is 24.6 Å². The van der Waals surface area contributed by atoms with Crippen LogP contribution in [0.25, 0.3) is 0 Å². The Morgan fingerprint density at radius 1 is 1.38 bits per heavy atom. The molecule has 1 N–H and O–H groups in total. The molecule has 2 aromatic heterocycles. The van der Waals surface area contributed by atoms with Crippen molar-refractivity contribution in [3.05, 3.63) is 46.4 Å². The molecule has 1 aliphatic heterocycles. The second kappa shape index (κ2) is 6.10. The van der Waals surface area contributed by atoms with E-state index >= 15 is 0 Å². The fourth-order valence-corrected chi connectivity index (χ4v) is 2.80. The zero-order valence-corrected chi connectivity index (χ0v) is 12.5. The van der Waals surface area contributed by atoms with Crippen molar-refractivity contribution in [2.75, 3.05) is 6.54 Å². The van der Waals surface area contributed by atoms with E-state index in [2.05, 4.69) is 15.1 Å². The van der Waals surface area contributed by atoms with Crippen LogP contribution in [0.3, 0.4) is 0 Å². The van der Waals surface area contributed by atoms with Gasteiger partial charge < -0.3 is 9.88 Å². The quantitative estimate of drug-likeness (QED) is 0.913. The average Bonchev–Trinajstić information content (AvgIpc) is 3.15. The van der Waals surface area contributed by atoms with Crippen LogP contribution in [-0.4, -0.2) is 37.1 Å². The van der Waals surface area contributed by atoms with Gasteiger partial charge in [-0.25, -0.2) is 9.78 Å². The van der Waals surface area contributed by atoms with Crippen LogP contribution < -0.4 is 5.69 Å². The topological polar surface area (TPSA) is 83.9 Å². The van der Waals surface area contributed by atoms with E-state index in [4.69, 9.17) is 0 Å². The van der Waals surface area contributed by atoms with Gasteiger partial charge in [-0.1, -0.05) is 0 Å². The second-order valence-corrected chi connectivity index (χ2v) is 5.47. The smallest absolute Gasteiger partial charge is 0.333 e. The monoisotopic (exact) mass is 341 g/mol. The van der Waals surface area contributed by atoms with Crippen LogP contribution in [0.15, 0.2) is 29.3 Å². The lowest BCUT2D eigenvalue weighted by Crippen LogP contribution is -2.34. The van der Waals surface area contributed by atoms with Crippen molar-refractivity contribution in [2.45, 2.75) is 31.6 Å². The summed E-state index contributed by atoms with van der Waals surface area (Å²) >= 11 is 0. The van der Waals surface area contributed by atoms with E-state index in [9.17, 15) is 22.8 Å². The average molecular weight is 341 g/mol. The zero-order valence-electron chi connectivity index (χ0n) is 12.5. The summed E-state index contributed by atoms with van der Waals surface area (Å²) in [6.45, 7) is 0.184. The molecular formula is C14H14F3N5O2. The maximum absolute atomic E-state index is 12.5. The number of alkyl halides is 3. The Morgan fingerprint density at radius 3 is 2.83 bits per heavy atom. The van der Waals surface area contributed by atoms with Gasteiger partial charge in [0.15, 0.2) is 5.69 Å². The number of carbonyl (C=O) groups is 1. The first kappa shape index (κ1) is 16.2. The molecule has 0 radical (unpaired) electrons. The van der Waals surface area contributed by atoms with Gasteiger partial charge in [-0.15, -0.1) is 0 Å². The zero-order chi connectivity index (χ0) is 17.3. The summed E-state index contributed by atoms with van der Waals surface area (Å²) in [5, 5.41) is 3.38. The van der Waals surface area contributed by atoms with Crippen molar-refractivity contribution in [3.63, 3.8) is 0 Å². The number of aromatic amines is 1. The molecule has 128 valence electrons. The number of hydrogen-bond acceptors (Lipinski definition) is 4. The lowest BCUT2D eigenvalue weighted by Gasteiger charge is -2.24. The molecule has 1 fully saturated rings. The number of amides is 1. The molecule has 24 heavy (non-hydrogen) atoms. The number of nitrogens with zero attached hydrogens (tertiary/aromatic N) is 4. The molecule has 2 aromatic rings. The summed E-state index contributed by atoms with van der Waals surface area (Å²) in [4.78, 5) is 31.4. The SMILES string of the molecule is O=C(Cn1ccc(C(F)(F)F)n1)N1CCC[C@H]1c1ccnc(=O)[nH]1. The maximum Gasteiger partial charge on any atom is 0.435 e. The number of likely N-dealkylation sites (tertiary alicyclic amines) is 1. The molecule has 1 atom stereocenters. The van der Waals surface area contributed by atoms with Crippen LogP contribution in [0.5, 0.6) is 0 Å². The minimum Gasteiger partial charge on any atom is -0.333 e. The van der Waals surface area contributed by atoms with Crippen molar-refractivity contribution >= 4 is 5.91 Å². The van der Waals surface area contributed by atoms with Crippen LogP contribution in [0.4, 0.5) is 13.2 Å². The van der Waals surface area contributed by atoms with Gasteiger partial charge in [0, 0.05) is 24.6 Å². The van der Waals surface area contributed by atoms with Crippen LogP contribution in [0.2, 0.25) is 0 Å². The molecule has 3 heterocycles. The van der Waals surface area contributed by atoms with Gasteiger partial charge in [0.05, 0.1) is 6.04 Å². The van der Waals surface area contributed by atoms with Crippen LogP contribution in [0, 0.1) is 0 Å². The number of aromatic nitrogens is 4. The summed E-state index contributed by atoms with van der Waals surface area (Å²) in [5.74, 6) is -0.355. The van der Waals surface area contributed by atoms with Crippen molar-refractivity contribution < 1.29 is 18.0 Å². The van der Waals surface area contributed by atoms with Gasteiger partial charge in [0.2, 0.25) is 5.91 Å². The molecule has 1 saturated heterocycles. The van der Waals surface area contributed by atoms with Gasteiger partial charge >= 0.3 is 11.9 Å². The first-order valence-corrected chi connectivity index (χ1v) is 7.30. The number of halogens is 3. The molecule has 0 unspecified atom stereocenters. The standard InChI is InChI=1S/C14H14F3N5O2/c15-14(16,17)11-4-7-21(20-11)8-12(23)22-6-1-2-10(22)9-3-5-18-13(24)19-9/h3-5,7,10H,1-2,6,8H2,(H,18,19,24)/t10-/m0/s1. The molecule has 7 nitrogen and oxygen atoms in total. The molecular weight excluding hydrogens is 327 g/mol. The van der Waals surface area contributed by atoms with Gasteiger partial charge in [-0.05, 0) is 25.0 Å². The number of rotatable bonds is 3. The minimum absolute atomic E-state index is 0.290. The number of hydrogen-bond donors (Lipinski definition) is 1. The summed E-state index contributed by atoms with van der Waals surface area (Å²) in [5.41, 5.74) is -0.974.